The second-order valence-corrected chi connectivity index (χ2v) is 7.82. The van der Waals surface area contributed by atoms with Gasteiger partial charge in [-0.1, -0.05) is 30.3 Å². The zero-order chi connectivity index (χ0) is 22.2. The monoisotopic (exact) mass is 424 g/mol. The van der Waals surface area contributed by atoms with Gasteiger partial charge in [0.1, 0.15) is 5.76 Å². The van der Waals surface area contributed by atoms with Gasteiger partial charge < -0.3 is 19.1 Å². The summed E-state index contributed by atoms with van der Waals surface area (Å²) in [6.45, 7) is 1.15. The summed E-state index contributed by atoms with van der Waals surface area (Å²) in [7, 11) is 7.15. The summed E-state index contributed by atoms with van der Waals surface area (Å²) < 4.78 is 15.6. The van der Waals surface area contributed by atoms with Crippen LogP contribution < -0.4 is 14.4 Å². The molecular weight excluding hydrogens is 392 g/mol. The molecule has 0 N–H and O–H groups in total. The fraction of sp³-hybridized carbons (Fsp3) is 0.400. The molecule has 2 aromatic rings. The van der Waals surface area contributed by atoms with Crippen LogP contribution >= 0.6 is 0 Å². The Morgan fingerprint density at radius 1 is 1.00 bits per heavy atom. The first-order chi connectivity index (χ1) is 15.0. The maximum absolute atomic E-state index is 12.2. The molecule has 0 bridgehead atoms. The van der Waals surface area contributed by atoms with Crippen LogP contribution in [0.2, 0.25) is 0 Å². The number of hydrogen-bond acceptors (Lipinski definition) is 5. The smallest absolute Gasteiger partial charge is 0.419 e. The molecule has 1 fully saturated rings. The van der Waals surface area contributed by atoms with Crippen molar-refractivity contribution in [2.24, 2.45) is 5.92 Å². The molecule has 1 amide bonds. The van der Waals surface area contributed by atoms with Crippen molar-refractivity contribution in [3.63, 3.8) is 0 Å². The highest BCUT2D eigenvalue weighted by Gasteiger charge is 2.35. The van der Waals surface area contributed by atoms with Gasteiger partial charge in [0.2, 0.25) is 0 Å². The molecule has 0 aromatic heterocycles. The lowest BCUT2D eigenvalue weighted by Gasteiger charge is -2.29. The van der Waals surface area contributed by atoms with E-state index < -0.39 is 0 Å². The number of nitrogens with zero attached hydrogens (tertiary/aromatic N) is 2. The summed E-state index contributed by atoms with van der Waals surface area (Å²) in [6, 6.07) is 17.6. The molecular formula is C25H32N2O4. The minimum Gasteiger partial charge on any atom is -0.493 e. The van der Waals surface area contributed by atoms with Crippen molar-refractivity contribution >= 4 is 11.8 Å². The Bertz CT molecular complexity index is 861. The summed E-state index contributed by atoms with van der Waals surface area (Å²) in [5.41, 5.74) is 0.842. The van der Waals surface area contributed by atoms with E-state index in [9.17, 15) is 4.79 Å². The molecule has 0 spiro atoms. The average Bonchev–Trinajstić information content (AvgIpc) is 3.19. The Labute approximate surface area is 185 Å². The van der Waals surface area contributed by atoms with Gasteiger partial charge in [-0.15, -0.1) is 0 Å². The minimum atomic E-state index is -0.313. The molecule has 1 heterocycles. The minimum absolute atomic E-state index is 0.313. The van der Waals surface area contributed by atoms with E-state index in [1.165, 1.54) is 6.42 Å². The van der Waals surface area contributed by atoms with Crippen molar-refractivity contribution < 1.29 is 19.0 Å². The lowest BCUT2D eigenvalue weighted by molar-refractivity contribution is 0.164. The highest BCUT2D eigenvalue weighted by atomic mass is 16.6. The van der Waals surface area contributed by atoms with Gasteiger partial charge in [-0.3, -0.25) is 4.90 Å². The summed E-state index contributed by atoms with van der Waals surface area (Å²) in [4.78, 5) is 16.2. The SMILES string of the molecule is CN(C(=O)OC1=CCC2CCN(C)C2C1)c1ccccc1.COc1ccccc1OC. The fourth-order valence-corrected chi connectivity index (χ4v) is 4.07. The van der Waals surface area contributed by atoms with Gasteiger partial charge >= 0.3 is 6.09 Å². The molecule has 166 valence electrons. The first-order valence-corrected chi connectivity index (χ1v) is 10.6. The molecule has 2 aliphatic rings. The van der Waals surface area contributed by atoms with Crippen molar-refractivity contribution in [3.8, 4) is 11.5 Å². The quantitative estimate of drug-likeness (QED) is 0.694. The number of anilines is 1. The molecule has 2 aromatic carbocycles. The Morgan fingerprint density at radius 3 is 2.23 bits per heavy atom. The Kier molecular flexibility index (Phi) is 7.95. The number of ether oxygens (including phenoxy) is 3. The number of hydrogen-bond donors (Lipinski definition) is 0. The molecule has 6 heteroatoms. The highest BCUT2D eigenvalue weighted by Crippen LogP contribution is 2.35. The number of rotatable bonds is 4. The zero-order valence-corrected chi connectivity index (χ0v) is 18.8. The van der Waals surface area contributed by atoms with E-state index in [2.05, 4.69) is 18.0 Å². The number of allylic oxidation sites excluding steroid dienone is 1. The zero-order valence-electron chi connectivity index (χ0n) is 18.8. The molecule has 4 rings (SSSR count). The molecule has 0 radical (unpaired) electrons. The number of para-hydroxylation sites is 3. The van der Waals surface area contributed by atoms with Crippen LogP contribution in [0.4, 0.5) is 10.5 Å². The van der Waals surface area contributed by atoms with E-state index in [0.717, 1.165) is 48.2 Å². The summed E-state index contributed by atoms with van der Waals surface area (Å²) in [5, 5.41) is 0. The van der Waals surface area contributed by atoms with Gasteiger partial charge in [0.25, 0.3) is 0 Å². The van der Waals surface area contributed by atoms with Crippen LogP contribution in [-0.2, 0) is 4.74 Å². The highest BCUT2D eigenvalue weighted by molar-refractivity contribution is 5.87. The first kappa shape index (κ1) is 22.7. The molecule has 2 unspecified atom stereocenters. The second-order valence-electron chi connectivity index (χ2n) is 7.82. The van der Waals surface area contributed by atoms with Crippen LogP contribution in [-0.4, -0.2) is 51.9 Å². The first-order valence-electron chi connectivity index (χ1n) is 10.6. The summed E-state index contributed by atoms with van der Waals surface area (Å²) in [6.07, 6.45) is 4.90. The van der Waals surface area contributed by atoms with Crippen molar-refractivity contribution in [1.82, 2.24) is 4.90 Å². The summed E-state index contributed by atoms with van der Waals surface area (Å²) >= 11 is 0. The molecule has 6 nitrogen and oxygen atoms in total. The number of likely N-dealkylation sites (tertiary alicyclic amines) is 1. The van der Waals surface area contributed by atoms with E-state index in [1.807, 2.05) is 54.6 Å². The predicted octanol–water partition coefficient (Wildman–Crippen LogP) is 4.96. The number of carbonyl (C=O) groups excluding carboxylic acids is 1. The Hall–Kier alpha value is -2.99. The van der Waals surface area contributed by atoms with Crippen molar-refractivity contribution in [1.29, 1.82) is 0 Å². The third-order valence-corrected chi connectivity index (χ3v) is 5.95. The van der Waals surface area contributed by atoms with Gasteiger partial charge in [-0.25, -0.2) is 4.79 Å². The van der Waals surface area contributed by atoms with Crippen LogP contribution in [0.15, 0.2) is 66.4 Å². The average molecular weight is 425 g/mol. The van der Waals surface area contributed by atoms with Crippen molar-refractivity contribution in [2.75, 3.05) is 39.8 Å². The van der Waals surface area contributed by atoms with Crippen LogP contribution in [0.25, 0.3) is 0 Å². The van der Waals surface area contributed by atoms with Crippen molar-refractivity contribution in [2.45, 2.75) is 25.3 Å². The lowest BCUT2D eigenvalue weighted by atomic mass is 9.89. The van der Waals surface area contributed by atoms with Gasteiger partial charge in [0.15, 0.2) is 11.5 Å². The number of fused-ring (bicyclic) bond motifs is 1. The standard InChI is InChI=1S/C17H22N2O2.C8H10O2/c1-18-11-10-13-8-9-15(12-16(13)18)21-17(20)19(2)14-6-4-3-5-7-14;1-9-7-5-3-4-6-8(7)10-2/h3-7,9,13,16H,8,10-12H2,1-2H3;3-6H,1-2H3. The Morgan fingerprint density at radius 2 is 1.61 bits per heavy atom. The number of benzene rings is 2. The summed E-state index contributed by atoms with van der Waals surface area (Å²) in [5.74, 6) is 3.08. The van der Waals surface area contributed by atoms with Gasteiger partial charge in [0, 0.05) is 25.2 Å². The van der Waals surface area contributed by atoms with Crippen LogP contribution in [0.5, 0.6) is 11.5 Å². The van der Waals surface area contributed by atoms with E-state index in [1.54, 1.807) is 26.2 Å². The molecule has 31 heavy (non-hydrogen) atoms. The number of methoxy groups -OCH3 is 2. The van der Waals surface area contributed by atoms with Crippen LogP contribution in [0, 0.1) is 5.92 Å². The van der Waals surface area contributed by atoms with Gasteiger partial charge in [0.05, 0.1) is 14.2 Å². The number of amides is 1. The largest absolute Gasteiger partial charge is 0.493 e. The molecule has 1 aliphatic heterocycles. The predicted molar refractivity (Wildman–Crippen MR) is 123 cm³/mol. The molecule has 1 aliphatic carbocycles. The van der Waals surface area contributed by atoms with Crippen LogP contribution in [0.1, 0.15) is 19.3 Å². The van der Waals surface area contributed by atoms with E-state index in [4.69, 9.17) is 14.2 Å². The lowest BCUT2D eigenvalue weighted by Crippen LogP contribution is -2.34. The van der Waals surface area contributed by atoms with E-state index in [0.29, 0.717) is 6.04 Å². The third-order valence-electron chi connectivity index (χ3n) is 5.95. The second kappa shape index (κ2) is 10.9. The van der Waals surface area contributed by atoms with E-state index >= 15 is 0 Å². The molecule has 1 saturated heterocycles. The fourth-order valence-electron chi connectivity index (χ4n) is 4.07. The number of carbonyl (C=O) groups is 1. The molecule has 0 saturated carbocycles. The van der Waals surface area contributed by atoms with Crippen LogP contribution in [0.3, 0.4) is 0 Å². The van der Waals surface area contributed by atoms with Gasteiger partial charge in [-0.05, 0) is 62.7 Å². The normalized spacial score (nSPS) is 19.9. The van der Waals surface area contributed by atoms with Gasteiger partial charge in [-0.2, -0.15) is 0 Å². The maximum atomic E-state index is 12.2. The third kappa shape index (κ3) is 5.79. The topological polar surface area (TPSA) is 51.2 Å². The maximum Gasteiger partial charge on any atom is 0.419 e. The van der Waals surface area contributed by atoms with E-state index in [-0.39, 0.29) is 6.09 Å². The Balaban J connectivity index is 0.000000229. The molecule has 2 atom stereocenters. The van der Waals surface area contributed by atoms with Crippen molar-refractivity contribution in [3.05, 3.63) is 66.4 Å².